The number of ether oxygens (including phenoxy) is 2. The summed E-state index contributed by atoms with van der Waals surface area (Å²) in [6.45, 7) is 2.59. The summed E-state index contributed by atoms with van der Waals surface area (Å²) in [5.74, 6) is -1.90. The summed E-state index contributed by atoms with van der Waals surface area (Å²) < 4.78 is 9.05. The van der Waals surface area contributed by atoms with E-state index in [9.17, 15) is 14.4 Å². The molecule has 70 valence electrons. The lowest BCUT2D eigenvalue weighted by Crippen LogP contribution is -2.37. The first-order chi connectivity index (χ1) is 6.00. The molecule has 0 saturated heterocycles. The molecule has 0 radical (unpaired) electrons. The molecule has 1 rings (SSSR count). The molecule has 0 saturated carbocycles. The maximum Gasteiger partial charge on any atom is 0.360 e. The summed E-state index contributed by atoms with van der Waals surface area (Å²) in [6, 6.07) is 0. The standard InChI is InChI=1S/C8H8O5/c1-4-3-6(10)7(8(11)12-4)13-5(2)9/h3,7H,1-2H3/t7-/m1/s1. The molecule has 13 heavy (non-hydrogen) atoms. The predicted molar refractivity (Wildman–Crippen MR) is 40.4 cm³/mol. The SMILES string of the molecule is CC(=O)O[C@@H]1C(=O)C=C(C)OC1=O. The van der Waals surface area contributed by atoms with E-state index in [4.69, 9.17) is 0 Å². The van der Waals surface area contributed by atoms with Gasteiger partial charge in [-0.2, -0.15) is 0 Å². The smallest absolute Gasteiger partial charge is 0.360 e. The summed E-state index contributed by atoms with van der Waals surface area (Å²) in [5.41, 5.74) is 0. The fraction of sp³-hybridized carbons (Fsp3) is 0.375. The molecule has 0 aromatic heterocycles. The van der Waals surface area contributed by atoms with Crippen molar-refractivity contribution in [2.45, 2.75) is 20.0 Å². The van der Waals surface area contributed by atoms with Crippen molar-refractivity contribution >= 4 is 17.7 Å². The fourth-order valence-electron chi connectivity index (χ4n) is 0.906. The Kier molecular flexibility index (Phi) is 2.46. The summed E-state index contributed by atoms with van der Waals surface area (Å²) >= 11 is 0. The van der Waals surface area contributed by atoms with Crippen LogP contribution in [-0.4, -0.2) is 23.8 Å². The van der Waals surface area contributed by atoms with Crippen LogP contribution in [0.25, 0.3) is 0 Å². The number of carbonyl (C=O) groups excluding carboxylic acids is 3. The van der Waals surface area contributed by atoms with Gasteiger partial charge in [0, 0.05) is 13.0 Å². The van der Waals surface area contributed by atoms with Gasteiger partial charge in [-0.3, -0.25) is 9.59 Å². The van der Waals surface area contributed by atoms with Crippen LogP contribution in [0.2, 0.25) is 0 Å². The van der Waals surface area contributed by atoms with Crippen LogP contribution in [0.3, 0.4) is 0 Å². The first-order valence-electron chi connectivity index (χ1n) is 3.62. The highest BCUT2D eigenvalue weighted by Crippen LogP contribution is 2.11. The quantitative estimate of drug-likeness (QED) is 0.422. The molecule has 0 aromatic rings. The summed E-state index contributed by atoms with van der Waals surface area (Å²) in [4.78, 5) is 32.6. The van der Waals surface area contributed by atoms with E-state index in [-0.39, 0.29) is 5.76 Å². The number of ketones is 1. The normalized spacial score (nSPS) is 22.0. The van der Waals surface area contributed by atoms with Gasteiger partial charge in [0.2, 0.25) is 5.78 Å². The molecule has 0 unspecified atom stereocenters. The topological polar surface area (TPSA) is 69.7 Å². The maximum atomic E-state index is 11.1. The number of esters is 2. The molecule has 1 atom stereocenters. The summed E-state index contributed by atoms with van der Waals surface area (Å²) in [6.07, 6.45) is -0.309. The monoisotopic (exact) mass is 184 g/mol. The Morgan fingerprint density at radius 2 is 2.15 bits per heavy atom. The van der Waals surface area contributed by atoms with E-state index >= 15 is 0 Å². The van der Waals surface area contributed by atoms with E-state index in [1.807, 2.05) is 0 Å². The number of allylic oxidation sites excluding steroid dienone is 1. The van der Waals surface area contributed by atoms with Gasteiger partial charge in [0.15, 0.2) is 0 Å². The number of hydrogen-bond donors (Lipinski definition) is 0. The van der Waals surface area contributed by atoms with Gasteiger partial charge in [-0.15, -0.1) is 0 Å². The average Bonchev–Trinajstić information content (AvgIpc) is 1.96. The molecule has 0 N–H and O–H groups in total. The van der Waals surface area contributed by atoms with Crippen LogP contribution in [-0.2, 0) is 23.9 Å². The van der Waals surface area contributed by atoms with E-state index in [0.29, 0.717) is 0 Å². The molecule has 0 amide bonds. The van der Waals surface area contributed by atoms with Gasteiger partial charge in [-0.25, -0.2) is 4.79 Å². The van der Waals surface area contributed by atoms with Gasteiger partial charge < -0.3 is 9.47 Å². The Hall–Kier alpha value is -1.65. The lowest BCUT2D eigenvalue weighted by Gasteiger charge is -2.17. The average molecular weight is 184 g/mol. The highest BCUT2D eigenvalue weighted by Gasteiger charge is 2.33. The van der Waals surface area contributed by atoms with Crippen molar-refractivity contribution in [1.82, 2.24) is 0 Å². The molecule has 1 aliphatic heterocycles. The Balaban J connectivity index is 2.81. The second kappa shape index (κ2) is 3.38. The third-order valence-corrected chi connectivity index (χ3v) is 1.36. The first kappa shape index (κ1) is 9.44. The van der Waals surface area contributed by atoms with Crippen LogP contribution < -0.4 is 0 Å². The van der Waals surface area contributed by atoms with Crippen molar-refractivity contribution in [1.29, 1.82) is 0 Å². The Morgan fingerprint density at radius 1 is 1.54 bits per heavy atom. The van der Waals surface area contributed by atoms with E-state index in [2.05, 4.69) is 9.47 Å². The summed E-state index contributed by atoms with van der Waals surface area (Å²) in [5, 5.41) is 0. The van der Waals surface area contributed by atoms with Crippen molar-refractivity contribution in [3.63, 3.8) is 0 Å². The Morgan fingerprint density at radius 3 is 2.62 bits per heavy atom. The van der Waals surface area contributed by atoms with Crippen molar-refractivity contribution in [3.05, 3.63) is 11.8 Å². The van der Waals surface area contributed by atoms with Crippen LogP contribution in [0.15, 0.2) is 11.8 Å². The Bertz CT molecular complexity index is 302. The van der Waals surface area contributed by atoms with E-state index in [1.54, 1.807) is 0 Å². The third kappa shape index (κ3) is 2.14. The minimum Gasteiger partial charge on any atom is -0.442 e. The summed E-state index contributed by atoms with van der Waals surface area (Å²) in [7, 11) is 0. The number of rotatable bonds is 1. The fourth-order valence-corrected chi connectivity index (χ4v) is 0.906. The van der Waals surface area contributed by atoms with Gasteiger partial charge in [0.05, 0.1) is 0 Å². The first-order valence-corrected chi connectivity index (χ1v) is 3.62. The van der Waals surface area contributed by atoms with E-state index < -0.39 is 23.8 Å². The van der Waals surface area contributed by atoms with Crippen molar-refractivity contribution in [3.8, 4) is 0 Å². The van der Waals surface area contributed by atoms with Gasteiger partial charge in [0.25, 0.3) is 6.10 Å². The molecule has 0 aromatic carbocycles. The van der Waals surface area contributed by atoms with Gasteiger partial charge in [-0.05, 0) is 6.92 Å². The molecule has 0 aliphatic carbocycles. The van der Waals surface area contributed by atoms with Crippen LogP contribution in [0.5, 0.6) is 0 Å². The molecular formula is C8H8O5. The van der Waals surface area contributed by atoms with Gasteiger partial charge >= 0.3 is 11.9 Å². The number of hydrogen-bond acceptors (Lipinski definition) is 5. The van der Waals surface area contributed by atoms with E-state index in [0.717, 1.165) is 13.0 Å². The second-order valence-corrected chi connectivity index (χ2v) is 2.57. The van der Waals surface area contributed by atoms with Gasteiger partial charge in [0.1, 0.15) is 5.76 Å². The van der Waals surface area contributed by atoms with E-state index in [1.165, 1.54) is 6.92 Å². The minimum absolute atomic E-state index is 0.207. The van der Waals surface area contributed by atoms with Crippen LogP contribution >= 0.6 is 0 Å². The van der Waals surface area contributed by atoms with Crippen molar-refractivity contribution < 1.29 is 23.9 Å². The van der Waals surface area contributed by atoms with Crippen LogP contribution in [0.1, 0.15) is 13.8 Å². The molecule has 1 aliphatic rings. The maximum absolute atomic E-state index is 11.1. The Labute approximate surface area is 74.3 Å². The molecular weight excluding hydrogens is 176 g/mol. The highest BCUT2D eigenvalue weighted by molar-refractivity contribution is 6.10. The second-order valence-electron chi connectivity index (χ2n) is 2.57. The molecule has 0 bridgehead atoms. The van der Waals surface area contributed by atoms with Crippen LogP contribution in [0.4, 0.5) is 0 Å². The predicted octanol–water partition coefficient (Wildman–Crippen LogP) is -0.0522. The molecule has 1 heterocycles. The molecule has 5 nitrogen and oxygen atoms in total. The number of carbonyl (C=O) groups is 3. The van der Waals surface area contributed by atoms with Crippen molar-refractivity contribution in [2.75, 3.05) is 0 Å². The van der Waals surface area contributed by atoms with Gasteiger partial charge in [-0.1, -0.05) is 0 Å². The lowest BCUT2D eigenvalue weighted by molar-refractivity contribution is -0.168. The minimum atomic E-state index is -1.43. The zero-order valence-electron chi connectivity index (χ0n) is 7.20. The number of cyclic esters (lactones) is 1. The lowest BCUT2D eigenvalue weighted by atomic mass is 10.2. The largest absolute Gasteiger partial charge is 0.442 e. The third-order valence-electron chi connectivity index (χ3n) is 1.36. The highest BCUT2D eigenvalue weighted by atomic mass is 16.6. The zero-order chi connectivity index (χ0) is 10.0. The van der Waals surface area contributed by atoms with Crippen molar-refractivity contribution in [2.24, 2.45) is 0 Å². The zero-order valence-corrected chi connectivity index (χ0v) is 7.20. The molecule has 0 fully saturated rings. The molecule has 5 heteroatoms. The van der Waals surface area contributed by atoms with Crippen LogP contribution in [0, 0.1) is 0 Å². The molecule has 0 spiro atoms.